The lowest BCUT2D eigenvalue weighted by Crippen LogP contribution is -2.25. The first kappa shape index (κ1) is 13.2. The zero-order valence-corrected chi connectivity index (χ0v) is 9.12. The van der Waals surface area contributed by atoms with Gasteiger partial charge in [0, 0.05) is 0 Å². The van der Waals surface area contributed by atoms with E-state index in [1.807, 2.05) is 6.07 Å². The van der Waals surface area contributed by atoms with Crippen LogP contribution in [0, 0.1) is 28.6 Å². The van der Waals surface area contributed by atoms with Crippen molar-refractivity contribution in [3.63, 3.8) is 0 Å². The number of carbonyl (C=O) groups is 2. The van der Waals surface area contributed by atoms with Gasteiger partial charge in [-0.3, -0.25) is 9.59 Å². The summed E-state index contributed by atoms with van der Waals surface area (Å²) in [5, 5.41) is 35.0. The van der Waals surface area contributed by atoms with Crippen LogP contribution >= 0.6 is 0 Å². The first-order valence-corrected chi connectivity index (χ1v) is 4.88. The van der Waals surface area contributed by atoms with Crippen LogP contribution in [0.3, 0.4) is 0 Å². The molecule has 1 rings (SSSR count). The van der Waals surface area contributed by atoms with Gasteiger partial charge in [-0.25, -0.2) is 0 Å². The van der Waals surface area contributed by atoms with E-state index < -0.39 is 17.9 Å². The molecule has 0 unspecified atom stereocenters. The van der Waals surface area contributed by atoms with Crippen molar-refractivity contribution in [1.29, 1.82) is 10.5 Å². The minimum absolute atomic E-state index is 0.101. The molecule has 6 nitrogen and oxygen atoms in total. The Balaban J connectivity index is 3.06. The first-order valence-electron chi connectivity index (χ1n) is 4.88. The average Bonchev–Trinajstić information content (AvgIpc) is 2.34. The molecule has 18 heavy (non-hydrogen) atoms. The molecule has 0 bridgehead atoms. The van der Waals surface area contributed by atoms with Crippen molar-refractivity contribution in [2.24, 2.45) is 5.92 Å². The summed E-state index contributed by atoms with van der Waals surface area (Å²) >= 11 is 0. The molecule has 90 valence electrons. The van der Waals surface area contributed by atoms with Crippen LogP contribution in [0.25, 0.3) is 0 Å². The summed E-state index contributed by atoms with van der Waals surface area (Å²) in [7, 11) is 0. The van der Waals surface area contributed by atoms with Gasteiger partial charge in [-0.05, 0) is 24.1 Å². The molecule has 1 aromatic carbocycles. The third-order valence-electron chi connectivity index (χ3n) is 2.36. The van der Waals surface area contributed by atoms with Crippen LogP contribution in [0.15, 0.2) is 18.2 Å². The molecule has 0 aliphatic rings. The number of hydrogen-bond acceptors (Lipinski definition) is 4. The van der Waals surface area contributed by atoms with Gasteiger partial charge in [-0.2, -0.15) is 10.5 Å². The molecule has 2 N–H and O–H groups in total. The molecule has 6 heteroatoms. The number of hydrogen-bond donors (Lipinski definition) is 2. The van der Waals surface area contributed by atoms with Crippen LogP contribution in [0.1, 0.15) is 16.7 Å². The van der Waals surface area contributed by atoms with E-state index in [0.717, 1.165) is 0 Å². The zero-order chi connectivity index (χ0) is 13.7. The van der Waals surface area contributed by atoms with E-state index in [1.165, 1.54) is 18.2 Å². The summed E-state index contributed by atoms with van der Waals surface area (Å²) in [6.07, 6.45) is -0.231. The Kier molecular flexibility index (Phi) is 4.01. The van der Waals surface area contributed by atoms with Crippen LogP contribution in [0.2, 0.25) is 0 Å². The van der Waals surface area contributed by atoms with E-state index in [4.69, 9.17) is 20.7 Å². The standard InChI is InChI=1S/C12H8N2O4/c13-5-8-2-1-7(3-9(8)6-14)4-10(11(15)16)12(17)18/h1-3,10H,4H2,(H,15,16)(H,17,18). The third-order valence-corrected chi connectivity index (χ3v) is 2.36. The smallest absolute Gasteiger partial charge is 0.318 e. The van der Waals surface area contributed by atoms with Crippen molar-refractivity contribution in [2.45, 2.75) is 6.42 Å². The fraction of sp³-hybridized carbons (Fsp3) is 0.167. The predicted molar refractivity (Wildman–Crippen MR) is 58.3 cm³/mol. The molecule has 0 saturated carbocycles. The van der Waals surface area contributed by atoms with E-state index in [9.17, 15) is 9.59 Å². The molecule has 0 heterocycles. The van der Waals surface area contributed by atoms with E-state index in [2.05, 4.69) is 0 Å². The van der Waals surface area contributed by atoms with Crippen molar-refractivity contribution in [3.05, 3.63) is 34.9 Å². The van der Waals surface area contributed by atoms with E-state index in [1.54, 1.807) is 6.07 Å². The van der Waals surface area contributed by atoms with Crippen molar-refractivity contribution >= 4 is 11.9 Å². The first-order chi connectivity index (χ1) is 8.49. The van der Waals surface area contributed by atoms with Gasteiger partial charge in [-0.15, -0.1) is 0 Å². The van der Waals surface area contributed by atoms with E-state index >= 15 is 0 Å². The second-order valence-corrected chi connectivity index (χ2v) is 3.54. The summed E-state index contributed by atoms with van der Waals surface area (Å²) in [6.45, 7) is 0. The van der Waals surface area contributed by atoms with Gasteiger partial charge in [0.1, 0.15) is 12.1 Å². The highest BCUT2D eigenvalue weighted by Crippen LogP contribution is 2.15. The molecule has 0 amide bonds. The molecule has 0 saturated heterocycles. The van der Waals surface area contributed by atoms with Crippen molar-refractivity contribution < 1.29 is 19.8 Å². The SMILES string of the molecule is N#Cc1ccc(CC(C(=O)O)C(=O)O)cc1C#N. The second kappa shape index (κ2) is 5.46. The molecule has 0 fully saturated rings. The molecular weight excluding hydrogens is 236 g/mol. The summed E-state index contributed by atoms with van der Waals surface area (Å²) in [5.74, 6) is -4.44. The Hall–Kier alpha value is -2.86. The topological polar surface area (TPSA) is 122 Å². The molecule has 0 radical (unpaired) electrons. The Bertz CT molecular complexity index is 567. The zero-order valence-electron chi connectivity index (χ0n) is 9.12. The minimum Gasteiger partial charge on any atom is -0.481 e. The maximum atomic E-state index is 10.7. The van der Waals surface area contributed by atoms with Crippen LogP contribution in [-0.4, -0.2) is 22.2 Å². The Morgan fingerprint density at radius 1 is 1.11 bits per heavy atom. The summed E-state index contributed by atoms with van der Waals surface area (Å²) < 4.78 is 0. The Labute approximate surface area is 102 Å². The number of benzene rings is 1. The highest BCUT2D eigenvalue weighted by molar-refractivity contribution is 5.93. The van der Waals surface area contributed by atoms with Crippen molar-refractivity contribution in [2.75, 3.05) is 0 Å². The normalized spacial score (nSPS) is 9.50. The average molecular weight is 244 g/mol. The lowest BCUT2D eigenvalue weighted by atomic mass is 9.96. The lowest BCUT2D eigenvalue weighted by Gasteiger charge is -2.07. The largest absolute Gasteiger partial charge is 0.481 e. The van der Waals surface area contributed by atoms with E-state index in [-0.39, 0.29) is 17.5 Å². The van der Waals surface area contributed by atoms with Crippen molar-refractivity contribution in [1.82, 2.24) is 0 Å². The number of carboxylic acid groups (broad SMARTS) is 2. The van der Waals surface area contributed by atoms with Gasteiger partial charge in [0.25, 0.3) is 0 Å². The van der Waals surface area contributed by atoms with E-state index in [0.29, 0.717) is 5.56 Å². The molecular formula is C12H8N2O4. The fourth-order valence-electron chi connectivity index (χ4n) is 1.42. The molecule has 0 aromatic heterocycles. The van der Waals surface area contributed by atoms with Gasteiger partial charge in [0.05, 0.1) is 11.1 Å². The van der Waals surface area contributed by atoms with Gasteiger partial charge in [0.15, 0.2) is 5.92 Å². The fourth-order valence-corrected chi connectivity index (χ4v) is 1.42. The summed E-state index contributed by atoms with van der Waals surface area (Å²) in [6, 6.07) is 7.76. The highest BCUT2D eigenvalue weighted by Gasteiger charge is 2.26. The monoisotopic (exact) mass is 244 g/mol. The predicted octanol–water partition coefficient (Wildman–Crippen LogP) is 0.758. The molecule has 1 aromatic rings. The quantitative estimate of drug-likeness (QED) is 0.753. The van der Waals surface area contributed by atoms with Crippen LogP contribution < -0.4 is 0 Å². The Morgan fingerprint density at radius 3 is 2.11 bits per heavy atom. The van der Waals surface area contributed by atoms with Crippen molar-refractivity contribution in [3.8, 4) is 12.1 Å². The molecule has 0 aliphatic carbocycles. The number of rotatable bonds is 4. The molecule has 0 spiro atoms. The third kappa shape index (κ3) is 2.83. The number of nitrogens with zero attached hydrogens (tertiary/aromatic N) is 2. The highest BCUT2D eigenvalue weighted by atomic mass is 16.4. The maximum Gasteiger partial charge on any atom is 0.318 e. The number of aliphatic carboxylic acids is 2. The van der Waals surface area contributed by atoms with Crippen LogP contribution in [0.5, 0.6) is 0 Å². The number of nitriles is 2. The maximum absolute atomic E-state index is 10.7. The second-order valence-electron chi connectivity index (χ2n) is 3.54. The molecule has 0 aliphatic heterocycles. The summed E-state index contributed by atoms with van der Waals surface area (Å²) in [4.78, 5) is 21.4. The van der Waals surface area contributed by atoms with Crippen LogP contribution in [0.4, 0.5) is 0 Å². The van der Waals surface area contributed by atoms with Gasteiger partial charge in [0.2, 0.25) is 0 Å². The Morgan fingerprint density at radius 2 is 1.67 bits per heavy atom. The molecule has 0 atom stereocenters. The van der Waals surface area contributed by atoms with Gasteiger partial charge >= 0.3 is 11.9 Å². The van der Waals surface area contributed by atoms with Gasteiger partial charge in [-0.1, -0.05) is 6.07 Å². The lowest BCUT2D eigenvalue weighted by molar-refractivity contribution is -0.154. The minimum atomic E-state index is -1.57. The van der Waals surface area contributed by atoms with Crippen LogP contribution in [-0.2, 0) is 16.0 Å². The number of carboxylic acids is 2. The summed E-state index contributed by atoms with van der Waals surface area (Å²) in [5.41, 5.74) is 0.660. The van der Waals surface area contributed by atoms with Gasteiger partial charge < -0.3 is 10.2 Å².